The normalized spacial score (nSPS) is 10.9. The fourth-order valence-corrected chi connectivity index (χ4v) is 1.55. The van der Waals surface area contributed by atoms with Gasteiger partial charge in [0.1, 0.15) is 5.82 Å². The molecule has 0 atom stereocenters. The first-order chi connectivity index (χ1) is 8.93. The van der Waals surface area contributed by atoms with E-state index >= 15 is 0 Å². The zero-order valence-corrected chi connectivity index (χ0v) is 12.0. The highest BCUT2D eigenvalue weighted by Gasteiger charge is 2.11. The van der Waals surface area contributed by atoms with Crippen molar-refractivity contribution < 1.29 is 4.79 Å². The standard InChI is InChI=1S/C13H23N5O/c1-9(2)11-7-10(8-12(16-11)17-14)13(19)15-5-6-18(3)4/h7-9H,5-6,14H2,1-4H3,(H,15,19)(H,16,17). The summed E-state index contributed by atoms with van der Waals surface area (Å²) >= 11 is 0. The number of carbonyl (C=O) groups excluding carboxylic acids is 1. The lowest BCUT2D eigenvalue weighted by molar-refractivity contribution is 0.0951. The van der Waals surface area contributed by atoms with Crippen LogP contribution in [-0.2, 0) is 0 Å². The molecule has 106 valence electrons. The number of rotatable bonds is 6. The number of carbonyl (C=O) groups is 1. The Morgan fingerprint density at radius 3 is 2.63 bits per heavy atom. The number of hydrogen-bond donors (Lipinski definition) is 3. The second-order valence-electron chi connectivity index (χ2n) is 5.02. The molecule has 0 spiro atoms. The van der Waals surface area contributed by atoms with E-state index in [1.807, 2.05) is 32.8 Å². The van der Waals surface area contributed by atoms with Gasteiger partial charge in [0.25, 0.3) is 5.91 Å². The van der Waals surface area contributed by atoms with Crippen LogP contribution in [0.5, 0.6) is 0 Å². The molecule has 0 bridgehead atoms. The second kappa shape index (κ2) is 7.06. The summed E-state index contributed by atoms with van der Waals surface area (Å²) in [4.78, 5) is 18.4. The van der Waals surface area contributed by atoms with E-state index in [1.54, 1.807) is 12.1 Å². The number of nitrogens with zero attached hydrogens (tertiary/aromatic N) is 2. The minimum atomic E-state index is -0.109. The van der Waals surface area contributed by atoms with Crippen LogP contribution in [0.1, 0.15) is 35.8 Å². The van der Waals surface area contributed by atoms with E-state index in [-0.39, 0.29) is 11.8 Å². The summed E-state index contributed by atoms with van der Waals surface area (Å²) in [6.07, 6.45) is 0. The Balaban J connectivity index is 2.80. The van der Waals surface area contributed by atoms with Crippen molar-refractivity contribution in [3.05, 3.63) is 23.4 Å². The molecule has 0 fully saturated rings. The minimum absolute atomic E-state index is 0.109. The lowest BCUT2D eigenvalue weighted by Crippen LogP contribution is -2.31. The lowest BCUT2D eigenvalue weighted by atomic mass is 10.1. The molecule has 0 saturated carbocycles. The van der Waals surface area contributed by atoms with Gasteiger partial charge in [-0.2, -0.15) is 0 Å². The summed E-state index contributed by atoms with van der Waals surface area (Å²) in [7, 11) is 3.93. The molecule has 4 N–H and O–H groups in total. The summed E-state index contributed by atoms with van der Waals surface area (Å²) in [6, 6.07) is 3.45. The molecule has 0 aromatic carbocycles. The van der Waals surface area contributed by atoms with Gasteiger partial charge < -0.3 is 15.6 Å². The Hall–Kier alpha value is -1.66. The number of amides is 1. The third kappa shape index (κ3) is 4.84. The first kappa shape index (κ1) is 15.4. The van der Waals surface area contributed by atoms with Crippen molar-refractivity contribution in [1.29, 1.82) is 0 Å². The molecule has 0 radical (unpaired) electrons. The number of hydrogen-bond acceptors (Lipinski definition) is 5. The van der Waals surface area contributed by atoms with Crippen molar-refractivity contribution in [3.8, 4) is 0 Å². The fourth-order valence-electron chi connectivity index (χ4n) is 1.55. The van der Waals surface area contributed by atoms with Crippen LogP contribution in [0, 0.1) is 0 Å². The molecule has 1 aromatic heterocycles. The molecule has 6 heteroatoms. The Morgan fingerprint density at radius 1 is 1.42 bits per heavy atom. The quantitative estimate of drug-likeness (QED) is 0.523. The van der Waals surface area contributed by atoms with Crippen LogP contribution in [-0.4, -0.2) is 43.0 Å². The summed E-state index contributed by atoms with van der Waals surface area (Å²) in [5.74, 6) is 6.01. The van der Waals surface area contributed by atoms with Crippen LogP contribution in [0.3, 0.4) is 0 Å². The van der Waals surface area contributed by atoms with Gasteiger partial charge in [-0.05, 0) is 32.1 Å². The van der Waals surface area contributed by atoms with Gasteiger partial charge in [-0.1, -0.05) is 13.8 Å². The Bertz CT molecular complexity index is 431. The van der Waals surface area contributed by atoms with Gasteiger partial charge in [0.2, 0.25) is 0 Å². The van der Waals surface area contributed by atoms with Gasteiger partial charge in [-0.25, -0.2) is 10.8 Å². The van der Waals surface area contributed by atoms with Gasteiger partial charge in [-0.3, -0.25) is 4.79 Å². The molecule has 1 rings (SSSR count). The highest BCUT2D eigenvalue weighted by atomic mass is 16.1. The third-order valence-corrected chi connectivity index (χ3v) is 2.69. The molecular formula is C13H23N5O. The minimum Gasteiger partial charge on any atom is -0.351 e. The summed E-state index contributed by atoms with van der Waals surface area (Å²) in [6.45, 7) is 5.46. The van der Waals surface area contributed by atoms with Crippen LogP contribution in [0.4, 0.5) is 5.82 Å². The maximum absolute atomic E-state index is 12.0. The Labute approximate surface area is 114 Å². The zero-order chi connectivity index (χ0) is 14.4. The van der Waals surface area contributed by atoms with Crippen molar-refractivity contribution in [2.75, 3.05) is 32.6 Å². The number of nitrogens with two attached hydrogens (primary N) is 1. The van der Waals surface area contributed by atoms with Crippen molar-refractivity contribution in [3.63, 3.8) is 0 Å². The van der Waals surface area contributed by atoms with E-state index < -0.39 is 0 Å². The van der Waals surface area contributed by atoms with Gasteiger partial charge in [0.15, 0.2) is 0 Å². The molecule has 1 heterocycles. The van der Waals surface area contributed by atoms with E-state index in [2.05, 4.69) is 15.7 Å². The first-order valence-corrected chi connectivity index (χ1v) is 6.35. The van der Waals surface area contributed by atoms with Crippen molar-refractivity contribution in [2.45, 2.75) is 19.8 Å². The maximum Gasteiger partial charge on any atom is 0.251 e. The summed E-state index contributed by atoms with van der Waals surface area (Å²) in [5, 5.41) is 2.87. The Morgan fingerprint density at radius 2 is 2.11 bits per heavy atom. The van der Waals surface area contributed by atoms with E-state index in [0.717, 1.165) is 12.2 Å². The molecule has 0 aliphatic heterocycles. The van der Waals surface area contributed by atoms with Crippen molar-refractivity contribution >= 4 is 11.7 Å². The van der Waals surface area contributed by atoms with E-state index in [1.165, 1.54) is 0 Å². The van der Waals surface area contributed by atoms with Gasteiger partial charge in [0.05, 0.1) is 0 Å². The van der Waals surface area contributed by atoms with Gasteiger partial charge in [0, 0.05) is 24.3 Å². The van der Waals surface area contributed by atoms with Crippen LogP contribution in [0.25, 0.3) is 0 Å². The third-order valence-electron chi connectivity index (χ3n) is 2.69. The number of aromatic nitrogens is 1. The molecular weight excluding hydrogens is 242 g/mol. The molecule has 0 aliphatic carbocycles. The van der Waals surface area contributed by atoms with Crippen LogP contribution >= 0.6 is 0 Å². The lowest BCUT2D eigenvalue weighted by Gasteiger charge is -2.12. The number of hydrazine groups is 1. The predicted molar refractivity (Wildman–Crippen MR) is 77.0 cm³/mol. The van der Waals surface area contributed by atoms with Crippen LogP contribution in [0.15, 0.2) is 12.1 Å². The predicted octanol–water partition coefficient (Wildman–Crippen LogP) is 0.782. The van der Waals surface area contributed by atoms with Gasteiger partial charge in [-0.15, -0.1) is 0 Å². The number of nitrogens with one attached hydrogen (secondary N) is 2. The van der Waals surface area contributed by atoms with Crippen molar-refractivity contribution in [2.24, 2.45) is 5.84 Å². The average Bonchev–Trinajstić information content (AvgIpc) is 2.37. The van der Waals surface area contributed by atoms with E-state index in [9.17, 15) is 4.79 Å². The number of anilines is 1. The second-order valence-corrected chi connectivity index (χ2v) is 5.02. The van der Waals surface area contributed by atoms with Crippen molar-refractivity contribution in [1.82, 2.24) is 15.2 Å². The largest absolute Gasteiger partial charge is 0.351 e. The molecule has 1 aromatic rings. The molecule has 0 unspecified atom stereocenters. The molecule has 19 heavy (non-hydrogen) atoms. The van der Waals surface area contributed by atoms with Crippen LogP contribution < -0.4 is 16.6 Å². The summed E-state index contributed by atoms with van der Waals surface area (Å²) in [5.41, 5.74) is 3.91. The van der Waals surface area contributed by atoms with E-state index in [0.29, 0.717) is 17.9 Å². The smallest absolute Gasteiger partial charge is 0.251 e. The Kier molecular flexibility index (Phi) is 5.72. The molecule has 0 aliphatic rings. The van der Waals surface area contributed by atoms with Crippen LogP contribution in [0.2, 0.25) is 0 Å². The fraction of sp³-hybridized carbons (Fsp3) is 0.538. The SMILES string of the molecule is CC(C)c1cc(C(=O)NCCN(C)C)cc(NN)n1. The molecule has 0 saturated heterocycles. The number of likely N-dealkylation sites (N-methyl/N-ethyl adjacent to an activating group) is 1. The highest BCUT2D eigenvalue weighted by Crippen LogP contribution is 2.17. The topological polar surface area (TPSA) is 83.3 Å². The van der Waals surface area contributed by atoms with E-state index in [4.69, 9.17) is 5.84 Å². The average molecular weight is 265 g/mol. The highest BCUT2D eigenvalue weighted by molar-refractivity contribution is 5.95. The number of nitrogen functional groups attached to an aromatic ring is 1. The summed E-state index contributed by atoms with van der Waals surface area (Å²) < 4.78 is 0. The zero-order valence-electron chi connectivity index (χ0n) is 12.0. The maximum atomic E-state index is 12.0. The molecule has 1 amide bonds. The monoisotopic (exact) mass is 265 g/mol. The van der Waals surface area contributed by atoms with Gasteiger partial charge >= 0.3 is 0 Å². The molecule has 6 nitrogen and oxygen atoms in total. The first-order valence-electron chi connectivity index (χ1n) is 6.35. The number of pyridine rings is 1.